The molecule has 1 heterocycles. The van der Waals surface area contributed by atoms with Gasteiger partial charge in [-0.05, 0) is 39.9 Å². The summed E-state index contributed by atoms with van der Waals surface area (Å²) in [5, 5.41) is 3.55. The minimum atomic E-state index is 0.714. The van der Waals surface area contributed by atoms with E-state index in [9.17, 15) is 0 Å². The summed E-state index contributed by atoms with van der Waals surface area (Å²) in [5.74, 6) is 0. The highest BCUT2D eigenvalue weighted by atomic mass is 16.5. The molecule has 0 bridgehead atoms. The average molecular weight is 186 g/mol. The number of hydrogen-bond donors (Lipinski definition) is 1. The van der Waals surface area contributed by atoms with Gasteiger partial charge in [0.25, 0.3) is 0 Å². The average Bonchev–Trinajstić information content (AvgIpc) is 2.51. The van der Waals surface area contributed by atoms with Gasteiger partial charge in [0.15, 0.2) is 0 Å². The van der Waals surface area contributed by atoms with Crippen LogP contribution >= 0.6 is 0 Å². The van der Waals surface area contributed by atoms with Gasteiger partial charge in [0.1, 0.15) is 0 Å². The van der Waals surface area contributed by atoms with Crippen LogP contribution in [0.25, 0.3) is 0 Å². The Morgan fingerprint density at radius 3 is 3.00 bits per heavy atom. The minimum absolute atomic E-state index is 0.714. The van der Waals surface area contributed by atoms with Crippen molar-refractivity contribution in [2.45, 2.75) is 25.8 Å². The van der Waals surface area contributed by atoms with Crippen LogP contribution in [0.3, 0.4) is 0 Å². The van der Waals surface area contributed by atoms with Gasteiger partial charge in [-0.15, -0.1) is 0 Å². The Balaban J connectivity index is 1.88. The molecule has 0 aromatic heterocycles. The predicted octanol–water partition coefficient (Wildman–Crippen LogP) is 0.707. The maximum atomic E-state index is 5.27. The van der Waals surface area contributed by atoms with Crippen LogP contribution < -0.4 is 5.32 Å². The van der Waals surface area contributed by atoms with Crippen LogP contribution in [-0.2, 0) is 4.74 Å². The van der Waals surface area contributed by atoms with Crippen molar-refractivity contribution < 1.29 is 4.74 Å². The van der Waals surface area contributed by atoms with Crippen LogP contribution in [0.2, 0.25) is 0 Å². The smallest absolute Gasteiger partial charge is 0.0477 e. The highest BCUT2D eigenvalue weighted by molar-refractivity contribution is 4.78. The van der Waals surface area contributed by atoms with Crippen LogP contribution in [0.5, 0.6) is 0 Å². The number of hydrogen-bond acceptors (Lipinski definition) is 3. The first-order valence-corrected chi connectivity index (χ1v) is 5.32. The van der Waals surface area contributed by atoms with E-state index in [0.29, 0.717) is 6.04 Å². The largest absolute Gasteiger partial charge is 0.382 e. The van der Waals surface area contributed by atoms with E-state index in [-0.39, 0.29) is 0 Å². The number of nitrogens with one attached hydrogen (secondary N) is 1. The normalized spacial score (nSPS) is 24.0. The molecule has 3 heteroatoms. The van der Waals surface area contributed by atoms with Gasteiger partial charge in [-0.3, -0.25) is 0 Å². The summed E-state index contributed by atoms with van der Waals surface area (Å²) in [6.07, 6.45) is 2.43. The van der Waals surface area contributed by atoms with Crippen molar-refractivity contribution in [3.63, 3.8) is 0 Å². The summed E-state index contributed by atoms with van der Waals surface area (Å²) >= 11 is 0. The van der Waals surface area contributed by atoms with E-state index in [4.69, 9.17) is 4.74 Å². The van der Waals surface area contributed by atoms with E-state index >= 15 is 0 Å². The van der Waals surface area contributed by atoms with Crippen molar-refractivity contribution in [3.05, 3.63) is 0 Å². The number of nitrogens with zero attached hydrogens (tertiary/aromatic N) is 1. The highest BCUT2D eigenvalue weighted by Gasteiger charge is 2.17. The zero-order valence-corrected chi connectivity index (χ0v) is 8.88. The molecule has 78 valence electrons. The molecular weight excluding hydrogens is 164 g/mol. The molecule has 0 spiro atoms. The highest BCUT2D eigenvalue weighted by Crippen LogP contribution is 2.05. The van der Waals surface area contributed by atoms with E-state index in [1.165, 1.54) is 19.5 Å². The van der Waals surface area contributed by atoms with Crippen molar-refractivity contribution >= 4 is 0 Å². The molecule has 0 aromatic carbocycles. The van der Waals surface area contributed by atoms with Crippen LogP contribution in [0.1, 0.15) is 19.8 Å². The van der Waals surface area contributed by atoms with E-state index in [1.54, 1.807) is 0 Å². The van der Waals surface area contributed by atoms with Crippen LogP contribution in [0.4, 0.5) is 0 Å². The Labute approximate surface area is 81.4 Å². The standard InChI is InChI=1S/C10H22N2O/c1-3-13-8-4-6-11-10-5-7-12(2)9-10/h10-11H,3-9H2,1-2H3. The molecule has 0 aliphatic carbocycles. The van der Waals surface area contributed by atoms with Gasteiger partial charge in [0.2, 0.25) is 0 Å². The zero-order chi connectivity index (χ0) is 9.52. The van der Waals surface area contributed by atoms with Crippen molar-refractivity contribution in [2.75, 3.05) is 39.9 Å². The van der Waals surface area contributed by atoms with Crippen molar-refractivity contribution in [1.29, 1.82) is 0 Å². The lowest BCUT2D eigenvalue weighted by molar-refractivity contribution is 0.144. The van der Waals surface area contributed by atoms with Gasteiger partial charge >= 0.3 is 0 Å². The predicted molar refractivity (Wildman–Crippen MR) is 55.0 cm³/mol. The molecule has 1 unspecified atom stereocenters. The van der Waals surface area contributed by atoms with Crippen LogP contribution in [0.15, 0.2) is 0 Å². The summed E-state index contributed by atoms with van der Waals surface area (Å²) in [4.78, 5) is 2.38. The van der Waals surface area contributed by atoms with E-state index in [1.807, 2.05) is 6.92 Å². The van der Waals surface area contributed by atoms with Gasteiger partial charge in [0.05, 0.1) is 0 Å². The van der Waals surface area contributed by atoms with Crippen LogP contribution in [-0.4, -0.2) is 50.8 Å². The Morgan fingerprint density at radius 1 is 1.54 bits per heavy atom. The van der Waals surface area contributed by atoms with Gasteiger partial charge in [-0.25, -0.2) is 0 Å². The van der Waals surface area contributed by atoms with E-state index in [0.717, 1.165) is 26.2 Å². The number of ether oxygens (including phenoxy) is 1. The molecule has 0 amide bonds. The molecule has 1 aliphatic heterocycles. The monoisotopic (exact) mass is 186 g/mol. The topological polar surface area (TPSA) is 24.5 Å². The molecule has 1 aliphatic rings. The van der Waals surface area contributed by atoms with Gasteiger partial charge < -0.3 is 15.0 Å². The van der Waals surface area contributed by atoms with Crippen LogP contribution in [0, 0.1) is 0 Å². The maximum absolute atomic E-state index is 5.27. The second kappa shape index (κ2) is 6.35. The van der Waals surface area contributed by atoms with Gasteiger partial charge in [-0.2, -0.15) is 0 Å². The summed E-state index contributed by atoms with van der Waals surface area (Å²) in [6, 6.07) is 0.714. The first-order valence-electron chi connectivity index (χ1n) is 5.32. The molecule has 0 radical (unpaired) electrons. The first kappa shape index (κ1) is 11.0. The molecular formula is C10H22N2O. The molecule has 0 aromatic rings. The second-order valence-corrected chi connectivity index (χ2v) is 3.75. The lowest BCUT2D eigenvalue weighted by Crippen LogP contribution is -2.32. The second-order valence-electron chi connectivity index (χ2n) is 3.75. The summed E-state index contributed by atoms with van der Waals surface area (Å²) in [5.41, 5.74) is 0. The lowest BCUT2D eigenvalue weighted by atomic mass is 10.2. The number of likely N-dealkylation sites (tertiary alicyclic amines) is 1. The molecule has 3 nitrogen and oxygen atoms in total. The summed E-state index contributed by atoms with van der Waals surface area (Å²) in [7, 11) is 2.18. The van der Waals surface area contributed by atoms with E-state index < -0.39 is 0 Å². The molecule has 1 rings (SSSR count). The molecule has 1 N–H and O–H groups in total. The fourth-order valence-electron chi connectivity index (χ4n) is 1.73. The number of rotatable bonds is 6. The molecule has 0 saturated carbocycles. The minimum Gasteiger partial charge on any atom is -0.382 e. The molecule has 1 saturated heterocycles. The van der Waals surface area contributed by atoms with E-state index in [2.05, 4.69) is 17.3 Å². The van der Waals surface area contributed by atoms with Gasteiger partial charge in [0, 0.05) is 25.8 Å². The number of likely N-dealkylation sites (N-methyl/N-ethyl adjacent to an activating group) is 1. The molecule has 1 atom stereocenters. The third-order valence-electron chi connectivity index (χ3n) is 2.49. The first-order chi connectivity index (χ1) is 6.33. The third-order valence-corrected chi connectivity index (χ3v) is 2.49. The lowest BCUT2D eigenvalue weighted by Gasteiger charge is -2.12. The Bertz CT molecular complexity index is 130. The Hall–Kier alpha value is -0.120. The summed E-state index contributed by atoms with van der Waals surface area (Å²) in [6.45, 7) is 7.31. The van der Waals surface area contributed by atoms with Crippen molar-refractivity contribution in [1.82, 2.24) is 10.2 Å². The maximum Gasteiger partial charge on any atom is 0.0477 e. The molecule has 1 fully saturated rings. The quantitative estimate of drug-likeness (QED) is 0.618. The zero-order valence-electron chi connectivity index (χ0n) is 8.88. The van der Waals surface area contributed by atoms with Gasteiger partial charge in [-0.1, -0.05) is 0 Å². The summed E-state index contributed by atoms with van der Waals surface area (Å²) < 4.78 is 5.27. The van der Waals surface area contributed by atoms with Crippen molar-refractivity contribution in [2.24, 2.45) is 0 Å². The fraction of sp³-hybridized carbons (Fsp3) is 1.00. The van der Waals surface area contributed by atoms with Crippen molar-refractivity contribution in [3.8, 4) is 0 Å². The third kappa shape index (κ3) is 4.60. The fourth-order valence-corrected chi connectivity index (χ4v) is 1.73. The SMILES string of the molecule is CCOCCCNC1CCN(C)C1. The molecule has 13 heavy (non-hydrogen) atoms. The Kier molecular flexibility index (Phi) is 5.35. The Morgan fingerprint density at radius 2 is 2.38 bits per heavy atom.